The number of halogens is 1. The van der Waals surface area contributed by atoms with Crippen LogP contribution in [0.1, 0.15) is 16.8 Å². The predicted octanol–water partition coefficient (Wildman–Crippen LogP) is 1.58. The number of imide groups is 1. The number of carbonyl (C=O) groups is 3. The summed E-state index contributed by atoms with van der Waals surface area (Å²) in [4.78, 5) is 36.1. The number of esters is 1. The van der Waals surface area contributed by atoms with Crippen LogP contribution in [-0.4, -0.2) is 38.7 Å². The lowest BCUT2D eigenvalue weighted by molar-refractivity contribution is -0.120. The van der Waals surface area contributed by atoms with Crippen molar-refractivity contribution in [2.45, 2.75) is 6.42 Å². The molecule has 0 unspecified atom stereocenters. The van der Waals surface area contributed by atoms with Gasteiger partial charge in [0, 0.05) is 19.0 Å². The van der Waals surface area contributed by atoms with Gasteiger partial charge in [-0.3, -0.25) is 15.0 Å². The van der Waals surface area contributed by atoms with Crippen molar-refractivity contribution in [3.05, 3.63) is 22.7 Å². The first-order valence-electron chi connectivity index (χ1n) is 6.05. The van der Waals surface area contributed by atoms with E-state index in [4.69, 9.17) is 16.3 Å². The molecule has 0 spiro atoms. The van der Waals surface area contributed by atoms with Crippen LogP contribution in [0.25, 0.3) is 0 Å². The van der Waals surface area contributed by atoms with Crippen LogP contribution in [0, 0.1) is 0 Å². The molecule has 0 radical (unpaired) electrons. The van der Waals surface area contributed by atoms with Gasteiger partial charge in [-0.25, -0.2) is 9.59 Å². The molecule has 21 heavy (non-hydrogen) atoms. The average molecular weight is 313 g/mol. The minimum atomic E-state index is -0.627. The molecule has 1 aromatic rings. The van der Waals surface area contributed by atoms with Crippen LogP contribution >= 0.6 is 11.6 Å². The first kappa shape index (κ1) is 15.1. The van der Waals surface area contributed by atoms with Crippen LogP contribution in [0.3, 0.4) is 0 Å². The Labute approximate surface area is 125 Å². The van der Waals surface area contributed by atoms with Gasteiger partial charge in [-0.15, -0.1) is 0 Å². The van der Waals surface area contributed by atoms with E-state index in [9.17, 15) is 14.4 Å². The highest BCUT2D eigenvalue weighted by molar-refractivity contribution is 6.34. The summed E-state index contributed by atoms with van der Waals surface area (Å²) in [5.74, 6) is -0.660. The zero-order chi connectivity index (χ0) is 15.6. The molecule has 0 aliphatic carbocycles. The van der Waals surface area contributed by atoms with Crippen molar-refractivity contribution in [3.63, 3.8) is 0 Å². The van der Waals surface area contributed by atoms with E-state index in [0.717, 1.165) is 0 Å². The van der Waals surface area contributed by atoms with Gasteiger partial charge in [0.2, 0.25) is 5.91 Å². The second kappa shape index (κ2) is 6.01. The van der Waals surface area contributed by atoms with Crippen molar-refractivity contribution in [1.82, 2.24) is 5.32 Å². The lowest BCUT2D eigenvalue weighted by Gasteiger charge is -2.28. The Hall–Kier alpha value is -2.28. The molecule has 3 amide bonds. The molecule has 1 aliphatic heterocycles. The van der Waals surface area contributed by atoms with Gasteiger partial charge in [-0.2, -0.15) is 0 Å². The van der Waals surface area contributed by atoms with E-state index in [1.807, 2.05) is 0 Å². The summed E-state index contributed by atoms with van der Waals surface area (Å²) in [5, 5.41) is 2.35. The van der Waals surface area contributed by atoms with Crippen LogP contribution in [0.4, 0.5) is 10.5 Å². The highest BCUT2D eigenvalue weighted by Gasteiger charge is 2.28. The number of benzene rings is 1. The normalized spacial score (nSPS) is 14.7. The Kier molecular flexibility index (Phi) is 4.32. The molecule has 7 nitrogen and oxygen atoms in total. The summed E-state index contributed by atoms with van der Waals surface area (Å²) in [6.07, 6.45) is 0.158. The molecule has 0 saturated carbocycles. The van der Waals surface area contributed by atoms with Gasteiger partial charge in [0.1, 0.15) is 5.75 Å². The zero-order valence-electron chi connectivity index (χ0n) is 11.4. The molecular formula is C13H13ClN2O5. The third-order valence-corrected chi connectivity index (χ3v) is 3.33. The maximum Gasteiger partial charge on any atom is 0.339 e. The second-order valence-electron chi connectivity index (χ2n) is 4.25. The molecule has 1 N–H and O–H groups in total. The number of anilines is 1. The van der Waals surface area contributed by atoms with E-state index in [1.54, 1.807) is 0 Å². The molecule has 1 saturated heterocycles. The molecule has 1 fully saturated rings. The number of hydrogen-bond acceptors (Lipinski definition) is 5. The molecule has 0 atom stereocenters. The number of nitrogens with zero attached hydrogens (tertiary/aromatic N) is 1. The van der Waals surface area contributed by atoms with Crippen molar-refractivity contribution in [3.8, 4) is 5.75 Å². The summed E-state index contributed by atoms with van der Waals surface area (Å²) in [5.41, 5.74) is 0.451. The lowest BCUT2D eigenvalue weighted by Crippen LogP contribution is -2.49. The van der Waals surface area contributed by atoms with Crippen LogP contribution in [-0.2, 0) is 9.53 Å². The minimum Gasteiger partial charge on any atom is -0.495 e. The van der Waals surface area contributed by atoms with Crippen LogP contribution in [0.5, 0.6) is 5.75 Å². The van der Waals surface area contributed by atoms with Gasteiger partial charge in [0.25, 0.3) is 0 Å². The smallest absolute Gasteiger partial charge is 0.339 e. The van der Waals surface area contributed by atoms with Crippen LogP contribution in [0.15, 0.2) is 12.1 Å². The Morgan fingerprint density at radius 2 is 2.05 bits per heavy atom. The van der Waals surface area contributed by atoms with Gasteiger partial charge in [0.05, 0.1) is 30.5 Å². The minimum absolute atomic E-state index is 0.111. The molecule has 1 aromatic carbocycles. The molecule has 0 aromatic heterocycles. The van der Waals surface area contributed by atoms with Crippen molar-refractivity contribution in [2.24, 2.45) is 0 Å². The van der Waals surface area contributed by atoms with Gasteiger partial charge in [0.15, 0.2) is 0 Å². The van der Waals surface area contributed by atoms with Gasteiger partial charge >= 0.3 is 12.0 Å². The summed E-state index contributed by atoms with van der Waals surface area (Å²) >= 11 is 6.00. The fourth-order valence-electron chi connectivity index (χ4n) is 1.98. The first-order valence-corrected chi connectivity index (χ1v) is 6.43. The molecule has 8 heteroatoms. The molecule has 1 aliphatic rings. The summed E-state index contributed by atoms with van der Waals surface area (Å²) < 4.78 is 9.82. The molecular weight excluding hydrogens is 300 g/mol. The maximum absolute atomic E-state index is 11.9. The number of hydrogen-bond donors (Lipinski definition) is 1. The molecule has 112 valence electrons. The van der Waals surface area contributed by atoms with E-state index in [2.05, 4.69) is 10.1 Å². The Morgan fingerprint density at radius 1 is 1.33 bits per heavy atom. The van der Waals surface area contributed by atoms with Crippen molar-refractivity contribution >= 4 is 35.2 Å². The molecule has 2 rings (SSSR count). The van der Waals surface area contributed by atoms with Crippen molar-refractivity contribution in [1.29, 1.82) is 0 Å². The summed E-state index contributed by atoms with van der Waals surface area (Å²) in [6.45, 7) is 0.184. The van der Waals surface area contributed by atoms with Gasteiger partial charge < -0.3 is 9.47 Å². The van der Waals surface area contributed by atoms with E-state index in [-0.39, 0.29) is 29.5 Å². The third-order valence-electron chi connectivity index (χ3n) is 3.02. The molecule has 1 heterocycles. The van der Waals surface area contributed by atoms with Gasteiger partial charge in [-0.1, -0.05) is 11.6 Å². The second-order valence-corrected chi connectivity index (χ2v) is 4.66. The average Bonchev–Trinajstić information content (AvgIpc) is 2.46. The highest BCUT2D eigenvalue weighted by atomic mass is 35.5. The number of urea groups is 1. The zero-order valence-corrected chi connectivity index (χ0v) is 12.2. The predicted molar refractivity (Wildman–Crippen MR) is 74.8 cm³/mol. The number of carbonyl (C=O) groups excluding carboxylic acids is 3. The van der Waals surface area contributed by atoms with E-state index in [1.165, 1.54) is 31.3 Å². The Bertz CT molecular complexity index is 617. The summed E-state index contributed by atoms with van der Waals surface area (Å²) in [6, 6.07) is 2.25. The van der Waals surface area contributed by atoms with Crippen molar-refractivity contribution in [2.75, 3.05) is 25.7 Å². The number of rotatable bonds is 3. The van der Waals surface area contributed by atoms with Crippen LogP contribution < -0.4 is 15.0 Å². The van der Waals surface area contributed by atoms with Gasteiger partial charge in [-0.05, 0) is 6.07 Å². The van der Waals surface area contributed by atoms with Crippen molar-refractivity contribution < 1.29 is 23.9 Å². The largest absolute Gasteiger partial charge is 0.495 e. The third kappa shape index (κ3) is 2.92. The fourth-order valence-corrected chi connectivity index (χ4v) is 2.21. The fraction of sp³-hybridized carbons (Fsp3) is 0.308. The van der Waals surface area contributed by atoms with E-state index in [0.29, 0.717) is 11.4 Å². The lowest BCUT2D eigenvalue weighted by atomic mass is 10.1. The summed E-state index contributed by atoms with van der Waals surface area (Å²) in [7, 11) is 2.65. The number of nitrogens with one attached hydrogen (secondary N) is 1. The topological polar surface area (TPSA) is 84.9 Å². The first-order chi connectivity index (χ1) is 9.97. The monoisotopic (exact) mass is 312 g/mol. The maximum atomic E-state index is 11.9. The Morgan fingerprint density at radius 3 is 2.62 bits per heavy atom. The number of methoxy groups -OCH3 is 2. The highest BCUT2D eigenvalue weighted by Crippen LogP contribution is 2.35. The Balaban J connectivity index is 2.48. The standard InChI is InChI=1S/C13H13ClN2O5/c1-20-10-6-8(14)7(12(18)21-2)5-9(10)16-4-3-11(17)15-13(16)19/h5-6H,3-4H2,1-2H3,(H,15,17,19). The SMILES string of the molecule is COC(=O)c1cc(N2CCC(=O)NC2=O)c(OC)cc1Cl. The van der Waals surface area contributed by atoms with E-state index < -0.39 is 12.0 Å². The van der Waals surface area contributed by atoms with E-state index >= 15 is 0 Å². The van der Waals surface area contributed by atoms with Crippen LogP contribution in [0.2, 0.25) is 5.02 Å². The quantitative estimate of drug-likeness (QED) is 0.857. The number of amides is 3. The molecule has 0 bridgehead atoms. The number of ether oxygens (including phenoxy) is 2.